The summed E-state index contributed by atoms with van der Waals surface area (Å²) < 4.78 is 8.52. The molecule has 3 N–H and O–H groups in total. The van der Waals surface area contributed by atoms with E-state index < -0.39 is 23.1 Å². The smallest absolute Gasteiger partial charge is 0.396 e. The van der Waals surface area contributed by atoms with Crippen LogP contribution >= 0.6 is 11.6 Å². The number of hydrogen-bond donors (Lipinski definition) is 2. The third-order valence-electron chi connectivity index (χ3n) is 1.34. The lowest BCUT2D eigenvalue weighted by atomic mass is 10.6. The number of ether oxygens (including phenoxy) is 2. The van der Waals surface area contributed by atoms with Crippen LogP contribution in [0.2, 0.25) is 0 Å². The van der Waals surface area contributed by atoms with Crippen molar-refractivity contribution in [3.8, 4) is 0 Å². The second-order valence-corrected chi connectivity index (χ2v) is 3.34. The molecule has 0 aliphatic rings. The Labute approximate surface area is 137 Å². The molecule has 0 aliphatic heterocycles. The maximum atomic E-state index is 10.5. The Morgan fingerprint density at radius 2 is 1.43 bits per heavy atom. The fourth-order valence-electron chi connectivity index (χ4n) is 0.591. The van der Waals surface area contributed by atoms with Crippen LogP contribution in [0, 0.1) is 0 Å². The highest BCUT2D eigenvalue weighted by molar-refractivity contribution is 6.80. The average molecular weight is 355 g/mol. The molecule has 0 saturated carbocycles. The molecule has 0 fully saturated rings. The molecule has 0 aromatic carbocycles. The zero-order chi connectivity index (χ0) is 18.7. The zero-order valence-electron chi connectivity index (χ0n) is 12.7. The normalized spacial score (nSPS) is 8.00. The molecule has 0 unspecified atom stereocenters. The van der Waals surface area contributed by atoms with Gasteiger partial charge < -0.3 is 30.1 Å². The average Bonchev–Trinajstić information content (AvgIpc) is 2.53. The van der Waals surface area contributed by atoms with Crippen LogP contribution in [0.4, 0.5) is 0 Å². The fourth-order valence-corrected chi connectivity index (χ4v) is 0.646. The minimum atomic E-state index is -1.08. The lowest BCUT2D eigenvalue weighted by molar-refractivity contribution is -0.154. The van der Waals surface area contributed by atoms with E-state index in [-0.39, 0.29) is 26.3 Å². The number of nitrogens with two attached hydrogens (primary N) is 1. The van der Waals surface area contributed by atoms with Crippen LogP contribution < -0.4 is 11.1 Å². The predicted octanol–water partition coefficient (Wildman–Crippen LogP) is -1.68. The van der Waals surface area contributed by atoms with Gasteiger partial charge >= 0.3 is 23.1 Å². The molecule has 0 atom stereocenters. The number of carbonyl (C=O) groups excluding carboxylic acids is 6. The van der Waals surface area contributed by atoms with Crippen molar-refractivity contribution >= 4 is 47.3 Å². The number of amides is 1. The Morgan fingerprint density at radius 1 is 1.00 bits per heavy atom. The van der Waals surface area contributed by atoms with Gasteiger partial charge in [-0.2, -0.15) is 0 Å². The summed E-state index contributed by atoms with van der Waals surface area (Å²) in [7, 11) is 0. The van der Waals surface area contributed by atoms with Crippen LogP contribution in [0.25, 0.3) is 0 Å². The Bertz CT molecular complexity index is 401. The first-order valence-corrected chi connectivity index (χ1v) is 6.58. The molecule has 0 spiro atoms. The first-order chi connectivity index (χ1) is 10.8. The largest absolute Gasteiger partial charge is 0.459 e. The van der Waals surface area contributed by atoms with Crippen LogP contribution in [0.15, 0.2) is 0 Å². The van der Waals surface area contributed by atoms with Crippen LogP contribution in [-0.4, -0.2) is 62.0 Å². The summed E-state index contributed by atoms with van der Waals surface area (Å²) in [6, 6.07) is 0. The van der Waals surface area contributed by atoms with Crippen LogP contribution in [0.1, 0.15) is 13.8 Å². The van der Waals surface area contributed by atoms with Gasteiger partial charge in [0.05, 0.1) is 19.8 Å². The summed E-state index contributed by atoms with van der Waals surface area (Å²) in [6.07, 6.45) is 1.14. The molecule has 23 heavy (non-hydrogen) atoms. The maximum Gasteiger partial charge on any atom is 0.396 e. The first-order valence-electron chi connectivity index (χ1n) is 6.20. The quantitative estimate of drug-likeness (QED) is 0.246. The molecule has 0 radical (unpaired) electrons. The molecule has 0 rings (SSSR count). The monoisotopic (exact) mass is 354 g/mol. The molecule has 0 aliphatic carbocycles. The Kier molecular flexibility index (Phi) is 21.9. The minimum Gasteiger partial charge on any atom is -0.459 e. The number of esters is 2. The van der Waals surface area contributed by atoms with Gasteiger partial charge in [0.1, 0.15) is 12.6 Å². The molecule has 132 valence electrons. The van der Waals surface area contributed by atoms with E-state index in [1.807, 2.05) is 5.32 Å². The molecule has 11 heteroatoms. The van der Waals surface area contributed by atoms with Crippen molar-refractivity contribution in [1.82, 2.24) is 5.32 Å². The molecule has 10 nitrogen and oxygen atoms in total. The number of halogens is 1. The zero-order valence-corrected chi connectivity index (χ0v) is 13.5. The van der Waals surface area contributed by atoms with Gasteiger partial charge in [0.2, 0.25) is 0 Å². The minimum absolute atomic E-state index is 0.139. The van der Waals surface area contributed by atoms with E-state index in [0.717, 1.165) is 0 Å². The van der Waals surface area contributed by atoms with E-state index in [4.69, 9.17) is 16.4 Å². The molecule has 1 amide bonds. The molecule has 0 aromatic heterocycles. The summed E-state index contributed by atoms with van der Waals surface area (Å²) in [5.41, 5.74) is 4.66. The van der Waals surface area contributed by atoms with Crippen molar-refractivity contribution in [3.05, 3.63) is 0 Å². The Hall–Kier alpha value is -2.33. The van der Waals surface area contributed by atoms with Crippen LogP contribution in [-0.2, 0) is 38.2 Å². The van der Waals surface area contributed by atoms with Crippen molar-refractivity contribution in [2.45, 2.75) is 13.8 Å². The summed E-state index contributed by atoms with van der Waals surface area (Å²) in [4.78, 5) is 59.7. The van der Waals surface area contributed by atoms with Gasteiger partial charge in [-0.1, -0.05) is 0 Å². The van der Waals surface area contributed by atoms with Gasteiger partial charge in [0.25, 0.3) is 0 Å². The molecular weight excluding hydrogens is 336 g/mol. The maximum absolute atomic E-state index is 10.5. The number of carbonyl (C=O) groups is 6. The van der Waals surface area contributed by atoms with E-state index in [1.54, 1.807) is 13.8 Å². The highest BCUT2D eigenvalue weighted by atomic mass is 35.5. The van der Waals surface area contributed by atoms with Crippen molar-refractivity contribution in [1.29, 1.82) is 0 Å². The van der Waals surface area contributed by atoms with Crippen molar-refractivity contribution < 1.29 is 38.2 Å². The second kappa shape index (κ2) is 19.7. The van der Waals surface area contributed by atoms with E-state index >= 15 is 0 Å². The number of rotatable bonds is 6. The number of hydrogen-bond acceptors (Lipinski definition) is 9. The van der Waals surface area contributed by atoms with E-state index in [2.05, 4.69) is 15.2 Å². The highest BCUT2D eigenvalue weighted by Crippen LogP contribution is 1.83. The van der Waals surface area contributed by atoms with E-state index in [9.17, 15) is 24.0 Å². The van der Waals surface area contributed by atoms with Gasteiger partial charge in [-0.05, 0) is 25.4 Å². The lowest BCUT2D eigenvalue weighted by Gasteiger charge is -1.99. The van der Waals surface area contributed by atoms with Crippen LogP contribution in [0.5, 0.6) is 0 Å². The SMILES string of the molecule is CCOC(=O)C(=O)Cl.CCOC(=O)C(=O)NCC=O.NCC=O. The number of aldehydes is 2. The summed E-state index contributed by atoms with van der Waals surface area (Å²) >= 11 is 4.69. The van der Waals surface area contributed by atoms with Crippen LogP contribution in [0.3, 0.4) is 0 Å². The standard InChI is InChI=1S/C6H9NO4.C4H5ClO3.C2H5NO/c1-2-11-6(10)5(9)7-3-4-8;1-2-8-4(7)3(5)6;3-1-2-4/h4H,2-3H2,1H3,(H,7,9);2H2,1H3;2H,1,3H2. The Morgan fingerprint density at radius 3 is 1.70 bits per heavy atom. The third kappa shape index (κ3) is 22.1. The van der Waals surface area contributed by atoms with Crippen molar-refractivity contribution in [2.75, 3.05) is 26.3 Å². The summed E-state index contributed by atoms with van der Waals surface area (Å²) in [6.45, 7) is 3.48. The summed E-state index contributed by atoms with van der Waals surface area (Å²) in [5, 5.41) is 0.958. The molecule has 0 heterocycles. The van der Waals surface area contributed by atoms with Crippen molar-refractivity contribution in [2.24, 2.45) is 5.73 Å². The number of nitrogens with one attached hydrogen (secondary N) is 1. The highest BCUT2D eigenvalue weighted by Gasteiger charge is 2.12. The molecule has 0 saturated heterocycles. The van der Waals surface area contributed by atoms with Gasteiger partial charge in [0, 0.05) is 6.54 Å². The van der Waals surface area contributed by atoms with Gasteiger partial charge in [-0.3, -0.25) is 9.59 Å². The van der Waals surface area contributed by atoms with Crippen molar-refractivity contribution in [3.63, 3.8) is 0 Å². The van der Waals surface area contributed by atoms with Gasteiger partial charge in [-0.15, -0.1) is 0 Å². The van der Waals surface area contributed by atoms with E-state index in [0.29, 0.717) is 12.6 Å². The first kappa shape index (κ1) is 25.6. The van der Waals surface area contributed by atoms with Gasteiger partial charge in [0.15, 0.2) is 0 Å². The van der Waals surface area contributed by atoms with Gasteiger partial charge in [-0.25, -0.2) is 9.59 Å². The second-order valence-electron chi connectivity index (χ2n) is 2.99. The topological polar surface area (TPSA) is 159 Å². The van der Waals surface area contributed by atoms with E-state index in [1.165, 1.54) is 0 Å². The Balaban J connectivity index is -0.000000292. The summed E-state index contributed by atoms with van der Waals surface area (Å²) in [5.74, 6) is -2.84. The predicted molar refractivity (Wildman–Crippen MR) is 78.3 cm³/mol. The fraction of sp³-hybridized carbons (Fsp3) is 0.500. The lowest BCUT2D eigenvalue weighted by Crippen LogP contribution is -2.33. The molecule has 0 aromatic rings. The molecular formula is C12H19ClN2O8. The third-order valence-corrected chi connectivity index (χ3v) is 1.49. The molecule has 0 bridgehead atoms.